The fourth-order valence-corrected chi connectivity index (χ4v) is 12.4. The van der Waals surface area contributed by atoms with Crippen molar-refractivity contribution < 1.29 is 68.3 Å². The lowest BCUT2D eigenvalue weighted by Crippen LogP contribution is -2.63. The minimum Gasteiger partial charge on any atom is -0.497 e. The number of methoxy groups -OCH3 is 1. The summed E-state index contributed by atoms with van der Waals surface area (Å²) in [6.07, 6.45) is -0.104. The second kappa shape index (κ2) is 19.2. The predicted molar refractivity (Wildman–Crippen MR) is 221 cm³/mol. The van der Waals surface area contributed by atoms with Crippen LogP contribution in [-0.4, -0.2) is 126 Å². The molecule has 0 amide bonds. The number of rotatable bonds is 14. The first kappa shape index (κ1) is 46.3. The first-order chi connectivity index (χ1) is 29.1. The van der Waals surface area contributed by atoms with Crippen LogP contribution in [0.25, 0.3) is 0 Å². The highest BCUT2D eigenvalue weighted by Gasteiger charge is 2.62. The maximum absolute atomic E-state index is 13.3. The molecule has 5 fully saturated rings. The van der Waals surface area contributed by atoms with Crippen LogP contribution in [0.2, 0.25) is 0 Å². The molecule has 0 bridgehead atoms. The van der Waals surface area contributed by atoms with Gasteiger partial charge in [0.15, 0.2) is 24.8 Å². The number of aliphatic hydroxyl groups excluding tert-OH is 5. The van der Waals surface area contributed by atoms with Gasteiger partial charge in [-0.2, -0.15) is 0 Å². The van der Waals surface area contributed by atoms with Crippen molar-refractivity contribution in [2.24, 2.45) is 46.3 Å². The van der Waals surface area contributed by atoms with E-state index in [-0.39, 0.29) is 42.1 Å². The van der Waals surface area contributed by atoms with E-state index in [1.165, 1.54) is 31.7 Å². The number of aliphatic hydroxyl groups is 5. The number of ether oxygens (including phenoxy) is 7. The number of carbonyl (C=O) groups is 2. The van der Waals surface area contributed by atoms with Gasteiger partial charge in [-0.25, -0.2) is 4.79 Å². The van der Waals surface area contributed by atoms with Crippen molar-refractivity contribution in [2.75, 3.05) is 26.9 Å². The molecule has 2 aliphatic heterocycles. The number of fused-ring (bicyclic) bond motifs is 5. The molecule has 18 atom stereocenters. The quantitative estimate of drug-likeness (QED) is 0.127. The molecule has 7 rings (SSSR count). The van der Waals surface area contributed by atoms with Crippen molar-refractivity contribution in [1.82, 2.24) is 0 Å². The van der Waals surface area contributed by atoms with E-state index in [0.29, 0.717) is 41.8 Å². The third kappa shape index (κ3) is 9.45. The molecule has 0 radical (unpaired) electrons. The lowest BCUT2D eigenvalue weighted by molar-refractivity contribution is -0.340. The summed E-state index contributed by atoms with van der Waals surface area (Å²) in [7, 11) is 1.50. The van der Waals surface area contributed by atoms with Crippen LogP contribution in [0.4, 0.5) is 0 Å². The molecule has 61 heavy (non-hydrogen) atoms. The summed E-state index contributed by atoms with van der Waals surface area (Å²) < 4.78 is 42.2. The molecule has 1 aromatic carbocycles. The second-order valence-corrected chi connectivity index (χ2v) is 19.6. The lowest BCUT2D eigenvalue weighted by atomic mass is 9.46. The highest BCUT2D eigenvalue weighted by atomic mass is 16.7. The van der Waals surface area contributed by atoms with Gasteiger partial charge in [-0.05, 0) is 122 Å². The molecule has 14 heteroatoms. The van der Waals surface area contributed by atoms with Gasteiger partial charge >= 0.3 is 11.9 Å². The molecular weight excluding hydrogens is 789 g/mol. The van der Waals surface area contributed by atoms with E-state index in [2.05, 4.69) is 33.8 Å². The molecular formula is C47H70O14. The zero-order chi connectivity index (χ0) is 43.8. The summed E-state index contributed by atoms with van der Waals surface area (Å²) in [4.78, 5) is 26.1. The Morgan fingerprint density at radius 2 is 1.54 bits per heavy atom. The highest BCUT2D eigenvalue weighted by molar-refractivity contribution is 5.89. The predicted octanol–water partition coefficient (Wildman–Crippen LogP) is 4.70. The first-order valence-corrected chi connectivity index (χ1v) is 22.7. The molecule has 2 heterocycles. The fraction of sp³-hybridized carbons (Fsp3) is 0.787. The fourth-order valence-electron chi connectivity index (χ4n) is 12.4. The van der Waals surface area contributed by atoms with Crippen LogP contribution in [0.1, 0.15) is 109 Å². The molecule has 1 aromatic rings. The zero-order valence-corrected chi connectivity index (χ0v) is 36.7. The molecule has 0 spiro atoms. The number of hydrogen-bond donors (Lipinski definition) is 5. The molecule has 2 saturated heterocycles. The van der Waals surface area contributed by atoms with Gasteiger partial charge in [0, 0.05) is 13.5 Å². The second-order valence-electron chi connectivity index (χ2n) is 19.6. The smallest absolute Gasteiger partial charge is 0.338 e. The van der Waals surface area contributed by atoms with E-state index in [0.717, 1.165) is 57.8 Å². The Balaban J connectivity index is 1.15. The van der Waals surface area contributed by atoms with Gasteiger partial charge in [-0.3, -0.25) is 4.79 Å². The van der Waals surface area contributed by atoms with E-state index in [9.17, 15) is 35.1 Å². The third-order valence-electron chi connectivity index (χ3n) is 15.8. The first-order valence-electron chi connectivity index (χ1n) is 22.7. The average Bonchev–Trinajstić information content (AvgIpc) is 3.60. The third-order valence-corrected chi connectivity index (χ3v) is 15.8. The Kier molecular flexibility index (Phi) is 14.6. The van der Waals surface area contributed by atoms with Crippen molar-refractivity contribution in [1.29, 1.82) is 0 Å². The van der Waals surface area contributed by atoms with Crippen LogP contribution in [0.5, 0.6) is 5.75 Å². The standard InChI is InChI=1S/C47H70O14/c1-25(22-48)8-7-9-26(2)32-14-15-33-38-34(17-19-47(32,33)5)46(4)18-16-30(50)20-29(46)21-37(38)59-45-42(58-27(3)49)40(36(52)24-57-45)61-44-41(39(53)35(51)23-56-44)60-43(54)28-10-12-31(55-6)13-11-28/h10-13,21,25-26,30,32-42,44-45,48,50-53H,7-9,14-20,22-24H2,1-6H3/t25-,26-,30+,32-,33+,34+,35-,36+,37+,38+,39+,40+,41-,42-,44+,45+,46+,47-/m1/s1. The number of carbonyl (C=O) groups excluding carboxylic acids is 2. The Bertz CT molecular complexity index is 1690. The van der Waals surface area contributed by atoms with Crippen molar-refractivity contribution in [2.45, 2.75) is 160 Å². The largest absolute Gasteiger partial charge is 0.497 e. The van der Waals surface area contributed by atoms with E-state index in [1.54, 1.807) is 12.1 Å². The molecule has 0 unspecified atom stereocenters. The van der Waals surface area contributed by atoms with Crippen molar-refractivity contribution in [3.05, 3.63) is 41.5 Å². The van der Waals surface area contributed by atoms with E-state index in [1.807, 2.05) is 0 Å². The van der Waals surface area contributed by atoms with Crippen LogP contribution in [0, 0.1) is 46.3 Å². The Hall–Kier alpha value is -2.66. The summed E-state index contributed by atoms with van der Waals surface area (Å²) in [6, 6.07) is 6.15. The Labute approximate surface area is 360 Å². The normalized spacial score (nSPS) is 41.9. The van der Waals surface area contributed by atoms with E-state index >= 15 is 0 Å². The van der Waals surface area contributed by atoms with Gasteiger partial charge in [0.2, 0.25) is 0 Å². The molecule has 4 aliphatic carbocycles. The Morgan fingerprint density at radius 1 is 0.836 bits per heavy atom. The SMILES string of the molecule is COc1ccc(C(=O)O[C@H]2[C@H](O[C@@H]3[C@@H](OC(C)=O)[C@H](O[C@H]4C=C5C[C@@H](O)CC[C@]5(C)[C@H]5CC[C@]6(C)[C@@H]([C@H](C)CCC[C@@H](C)CO)CC[C@H]6[C@H]45)OC[C@@H]3O)OC[C@@H](O)[C@@H]2O)cc1. The van der Waals surface area contributed by atoms with Crippen LogP contribution >= 0.6 is 0 Å². The molecule has 3 saturated carbocycles. The van der Waals surface area contributed by atoms with Gasteiger partial charge in [-0.1, -0.05) is 52.2 Å². The van der Waals surface area contributed by atoms with Crippen LogP contribution in [0.3, 0.4) is 0 Å². The maximum atomic E-state index is 13.3. The molecule has 6 aliphatic rings. The Morgan fingerprint density at radius 3 is 2.23 bits per heavy atom. The molecule has 342 valence electrons. The van der Waals surface area contributed by atoms with Gasteiger partial charge in [0.05, 0.1) is 38.1 Å². The minimum atomic E-state index is -1.61. The highest BCUT2D eigenvalue weighted by Crippen LogP contribution is 2.68. The van der Waals surface area contributed by atoms with Crippen molar-refractivity contribution >= 4 is 11.9 Å². The van der Waals surface area contributed by atoms with E-state index in [4.69, 9.17) is 33.2 Å². The van der Waals surface area contributed by atoms with Crippen molar-refractivity contribution in [3.63, 3.8) is 0 Å². The van der Waals surface area contributed by atoms with Gasteiger partial charge < -0.3 is 58.7 Å². The van der Waals surface area contributed by atoms with Gasteiger partial charge in [0.25, 0.3) is 0 Å². The van der Waals surface area contributed by atoms with E-state index < -0.39 is 73.4 Å². The molecule has 5 N–H and O–H groups in total. The van der Waals surface area contributed by atoms with Gasteiger partial charge in [-0.15, -0.1) is 0 Å². The molecule has 14 nitrogen and oxygen atoms in total. The lowest BCUT2D eigenvalue weighted by Gasteiger charge is -2.60. The topological polar surface area (TPSA) is 200 Å². The summed E-state index contributed by atoms with van der Waals surface area (Å²) in [5.41, 5.74) is 1.31. The summed E-state index contributed by atoms with van der Waals surface area (Å²) >= 11 is 0. The summed E-state index contributed by atoms with van der Waals surface area (Å²) in [5, 5.41) is 53.6. The number of hydrogen-bond acceptors (Lipinski definition) is 14. The summed E-state index contributed by atoms with van der Waals surface area (Å²) in [5.74, 6) is 1.16. The monoisotopic (exact) mass is 858 g/mol. The van der Waals surface area contributed by atoms with Crippen LogP contribution in [-0.2, 0) is 33.2 Å². The summed E-state index contributed by atoms with van der Waals surface area (Å²) in [6.45, 7) is 10.2. The van der Waals surface area contributed by atoms with Crippen LogP contribution in [0.15, 0.2) is 35.9 Å². The zero-order valence-electron chi connectivity index (χ0n) is 36.7. The molecule has 0 aromatic heterocycles. The minimum absolute atomic E-state index is 0.0766. The number of benzene rings is 1. The van der Waals surface area contributed by atoms with Gasteiger partial charge in [0.1, 0.15) is 30.2 Å². The van der Waals surface area contributed by atoms with Crippen molar-refractivity contribution in [3.8, 4) is 5.75 Å². The number of esters is 2. The van der Waals surface area contributed by atoms with Crippen LogP contribution < -0.4 is 4.74 Å². The average molecular weight is 859 g/mol. The maximum Gasteiger partial charge on any atom is 0.338 e.